The third-order valence-corrected chi connectivity index (χ3v) is 7.88. The smallest absolute Gasteiger partial charge is 0.227 e. The van der Waals surface area contributed by atoms with Crippen LogP contribution < -0.4 is 0 Å². The monoisotopic (exact) mass is 521 g/mol. The summed E-state index contributed by atoms with van der Waals surface area (Å²) in [6, 6.07) is 34.8. The van der Waals surface area contributed by atoms with Crippen LogP contribution in [-0.2, 0) is 0 Å². The van der Waals surface area contributed by atoms with Gasteiger partial charge in [0.15, 0.2) is 0 Å². The zero-order chi connectivity index (χ0) is 27.4. The summed E-state index contributed by atoms with van der Waals surface area (Å²) < 4.78 is 3.47. The molecule has 0 unspecified atom stereocenters. The zero-order valence-electron chi connectivity index (χ0n) is 22.3. The Labute approximate surface area is 231 Å². The average molecular weight is 522 g/mol. The summed E-state index contributed by atoms with van der Waals surface area (Å²) in [5, 5.41) is 3.11. The summed E-state index contributed by atoms with van der Waals surface area (Å²) in [7, 11) is 0. The van der Waals surface area contributed by atoms with E-state index in [-0.39, 0.29) is 17.7 Å². The van der Waals surface area contributed by atoms with Crippen molar-refractivity contribution >= 4 is 44.5 Å². The van der Waals surface area contributed by atoms with Gasteiger partial charge >= 0.3 is 0 Å². The molecule has 5 heteroatoms. The van der Waals surface area contributed by atoms with Crippen LogP contribution in [0.5, 0.6) is 0 Å². The summed E-state index contributed by atoms with van der Waals surface area (Å²) in [5.74, 6) is -0.369. The number of para-hydroxylation sites is 3. The highest BCUT2D eigenvalue weighted by atomic mass is 16.2. The van der Waals surface area contributed by atoms with Crippen molar-refractivity contribution in [3.05, 3.63) is 132 Å². The molecule has 7 rings (SSSR count). The highest BCUT2D eigenvalue weighted by Crippen LogP contribution is 2.46. The van der Waals surface area contributed by atoms with E-state index >= 15 is 0 Å². The molecule has 40 heavy (non-hydrogen) atoms. The first-order valence-electron chi connectivity index (χ1n) is 13.4. The molecule has 0 radical (unpaired) electrons. The van der Waals surface area contributed by atoms with Crippen LogP contribution in [0.2, 0.25) is 0 Å². The molecular weight excluding hydrogens is 494 g/mol. The average Bonchev–Trinajstić information content (AvgIpc) is 3.67. The number of carbonyl (C=O) groups excluding carboxylic acids is 2. The van der Waals surface area contributed by atoms with Crippen LogP contribution in [0, 0.1) is 0 Å². The van der Waals surface area contributed by atoms with E-state index in [9.17, 15) is 9.59 Å². The summed E-state index contributed by atoms with van der Waals surface area (Å²) in [4.78, 5) is 29.4. The second-order valence-corrected chi connectivity index (χ2v) is 10.2. The molecule has 0 saturated carbocycles. The molecule has 0 amide bonds. The number of aromatic nitrogens is 3. The summed E-state index contributed by atoms with van der Waals surface area (Å²) in [6.45, 7) is 3.18. The van der Waals surface area contributed by atoms with E-state index in [0.29, 0.717) is 0 Å². The maximum absolute atomic E-state index is 12.8. The topological polar surface area (TPSA) is 59.8 Å². The Morgan fingerprint density at radius 2 is 1.07 bits per heavy atom. The van der Waals surface area contributed by atoms with E-state index in [1.54, 1.807) is 23.0 Å². The third kappa shape index (κ3) is 3.62. The van der Waals surface area contributed by atoms with Gasteiger partial charge in [0.25, 0.3) is 0 Å². The van der Waals surface area contributed by atoms with Crippen LogP contribution in [0.25, 0.3) is 44.0 Å². The van der Waals surface area contributed by atoms with Gasteiger partial charge < -0.3 is 4.98 Å². The molecule has 194 valence electrons. The van der Waals surface area contributed by atoms with Crippen LogP contribution >= 0.6 is 0 Å². The van der Waals surface area contributed by atoms with Crippen LogP contribution in [0.4, 0.5) is 0 Å². The normalized spacial score (nSPS) is 11.7. The van der Waals surface area contributed by atoms with Gasteiger partial charge in [0.2, 0.25) is 11.8 Å². The van der Waals surface area contributed by atoms with Gasteiger partial charge in [-0.1, -0.05) is 84.9 Å². The fourth-order valence-electron chi connectivity index (χ4n) is 6.17. The van der Waals surface area contributed by atoms with Gasteiger partial charge in [0.1, 0.15) is 0 Å². The fourth-order valence-corrected chi connectivity index (χ4v) is 6.17. The van der Waals surface area contributed by atoms with Gasteiger partial charge in [0, 0.05) is 53.8 Å². The first-order chi connectivity index (χ1) is 19.5. The van der Waals surface area contributed by atoms with Crippen molar-refractivity contribution in [2.45, 2.75) is 19.8 Å². The van der Waals surface area contributed by atoms with Crippen molar-refractivity contribution in [1.29, 1.82) is 0 Å². The lowest BCUT2D eigenvalue weighted by atomic mass is 9.82. The van der Waals surface area contributed by atoms with E-state index in [0.717, 1.165) is 60.7 Å². The highest BCUT2D eigenvalue weighted by Gasteiger charge is 2.31. The lowest BCUT2D eigenvalue weighted by Gasteiger charge is -2.19. The molecule has 0 aliphatic rings. The van der Waals surface area contributed by atoms with Crippen LogP contribution in [0.1, 0.15) is 46.0 Å². The Balaban J connectivity index is 1.66. The first kappa shape index (κ1) is 23.9. The van der Waals surface area contributed by atoms with E-state index < -0.39 is 0 Å². The van der Waals surface area contributed by atoms with E-state index in [2.05, 4.69) is 47.4 Å². The predicted octanol–water partition coefficient (Wildman–Crippen LogP) is 8.24. The van der Waals surface area contributed by atoms with Gasteiger partial charge in [-0.15, -0.1) is 0 Å². The molecule has 0 bridgehead atoms. The van der Waals surface area contributed by atoms with Crippen LogP contribution in [0.3, 0.4) is 0 Å². The molecule has 1 N–H and O–H groups in total. The Hall–Kier alpha value is -5.16. The standard InChI is InChI=1S/C35H27N3O2/c1-22(39)37-20-28(25-14-7-10-18-31(25)37)33(29-21-38(23(2)40)32-19-11-8-15-26(29)32)34-27-16-6-9-17-30(27)36-35(34)24-12-4-3-5-13-24/h3-21,33,36H,1-2H3. The lowest BCUT2D eigenvalue weighted by molar-refractivity contribution is 0.0933. The van der Waals surface area contributed by atoms with Crippen molar-refractivity contribution in [3.63, 3.8) is 0 Å². The molecule has 0 aliphatic heterocycles. The zero-order valence-corrected chi connectivity index (χ0v) is 22.3. The Bertz CT molecular complexity index is 1980. The molecule has 0 spiro atoms. The number of H-pyrrole nitrogens is 1. The Morgan fingerprint density at radius 1 is 0.600 bits per heavy atom. The van der Waals surface area contributed by atoms with Crippen molar-refractivity contribution in [2.75, 3.05) is 0 Å². The van der Waals surface area contributed by atoms with Crippen LogP contribution in [0.15, 0.2) is 116 Å². The number of carbonyl (C=O) groups is 2. The van der Waals surface area contributed by atoms with E-state index in [1.807, 2.05) is 73.1 Å². The number of hydrogen-bond donors (Lipinski definition) is 1. The maximum Gasteiger partial charge on any atom is 0.227 e. The summed E-state index contributed by atoms with van der Waals surface area (Å²) in [6.07, 6.45) is 3.96. The van der Waals surface area contributed by atoms with Gasteiger partial charge in [-0.3, -0.25) is 18.7 Å². The number of rotatable bonds is 4. The van der Waals surface area contributed by atoms with Gasteiger partial charge in [-0.2, -0.15) is 0 Å². The number of nitrogens with one attached hydrogen (secondary N) is 1. The van der Waals surface area contributed by atoms with Crippen molar-refractivity contribution in [3.8, 4) is 11.3 Å². The largest absolute Gasteiger partial charge is 0.354 e. The molecule has 0 saturated heterocycles. The molecule has 0 atom stereocenters. The SMILES string of the molecule is CC(=O)n1cc(C(c2c(-c3ccccc3)[nH]c3ccccc23)c2cn(C(C)=O)c3ccccc23)c2ccccc21. The fraction of sp³-hybridized carbons (Fsp3) is 0.0857. The second-order valence-electron chi connectivity index (χ2n) is 10.2. The molecule has 3 aromatic heterocycles. The van der Waals surface area contributed by atoms with Gasteiger partial charge in [0.05, 0.1) is 16.7 Å². The third-order valence-electron chi connectivity index (χ3n) is 7.88. The minimum atomic E-state index is -0.276. The Kier molecular flexibility index (Phi) is 5.53. The first-order valence-corrected chi connectivity index (χ1v) is 13.4. The van der Waals surface area contributed by atoms with Crippen molar-refractivity contribution in [2.24, 2.45) is 0 Å². The number of fused-ring (bicyclic) bond motifs is 3. The summed E-state index contributed by atoms with van der Waals surface area (Å²) in [5.41, 5.74) is 8.00. The molecule has 0 aliphatic carbocycles. The van der Waals surface area contributed by atoms with E-state index in [4.69, 9.17) is 0 Å². The minimum Gasteiger partial charge on any atom is -0.354 e. The molecule has 3 heterocycles. The molecule has 0 fully saturated rings. The highest BCUT2D eigenvalue weighted by molar-refractivity contribution is 6.00. The molecule has 4 aromatic carbocycles. The van der Waals surface area contributed by atoms with Gasteiger partial charge in [-0.25, -0.2) is 0 Å². The van der Waals surface area contributed by atoms with Gasteiger partial charge in [-0.05, 0) is 40.5 Å². The second kappa shape index (κ2) is 9.24. The number of nitrogens with zero attached hydrogens (tertiary/aromatic N) is 2. The predicted molar refractivity (Wildman–Crippen MR) is 161 cm³/mol. The minimum absolute atomic E-state index is 0.0467. The molecular formula is C35H27N3O2. The van der Waals surface area contributed by atoms with Crippen LogP contribution in [-0.4, -0.2) is 25.9 Å². The Morgan fingerprint density at radius 3 is 1.62 bits per heavy atom. The maximum atomic E-state index is 12.8. The number of benzene rings is 4. The summed E-state index contributed by atoms with van der Waals surface area (Å²) >= 11 is 0. The molecule has 5 nitrogen and oxygen atoms in total. The molecule has 7 aromatic rings. The van der Waals surface area contributed by atoms with Crippen molar-refractivity contribution < 1.29 is 9.59 Å². The lowest BCUT2D eigenvalue weighted by Crippen LogP contribution is -2.07. The number of aromatic amines is 1. The van der Waals surface area contributed by atoms with E-state index in [1.165, 1.54) is 0 Å². The van der Waals surface area contributed by atoms with Crippen molar-refractivity contribution in [1.82, 2.24) is 14.1 Å². The quantitative estimate of drug-likeness (QED) is 0.254. The number of hydrogen-bond acceptors (Lipinski definition) is 2.